The van der Waals surface area contributed by atoms with E-state index in [9.17, 15) is 14.9 Å². The number of nitro benzene ring substituents is 1. The molecule has 1 aromatic heterocycles. The smallest absolute Gasteiger partial charge is 0.435 e. The Hall–Kier alpha value is -2.64. The molecule has 0 radical (unpaired) electrons. The van der Waals surface area contributed by atoms with Crippen molar-refractivity contribution in [2.24, 2.45) is 0 Å². The van der Waals surface area contributed by atoms with Crippen molar-refractivity contribution in [1.82, 2.24) is 9.78 Å². The number of nitro groups is 1. The molecule has 1 heterocycles. The van der Waals surface area contributed by atoms with E-state index in [4.69, 9.17) is 9.47 Å². The van der Waals surface area contributed by atoms with Crippen molar-refractivity contribution in [3.63, 3.8) is 0 Å². The van der Waals surface area contributed by atoms with E-state index in [1.54, 1.807) is 6.92 Å². The third-order valence-electron chi connectivity index (χ3n) is 2.47. The topological polar surface area (TPSA) is 96.5 Å². The monoisotopic (exact) mass is 265 g/mol. The van der Waals surface area contributed by atoms with E-state index >= 15 is 0 Å². The van der Waals surface area contributed by atoms with E-state index in [-0.39, 0.29) is 18.2 Å². The van der Waals surface area contributed by atoms with Gasteiger partial charge in [-0.3, -0.25) is 10.1 Å². The summed E-state index contributed by atoms with van der Waals surface area (Å²) < 4.78 is 10.9. The van der Waals surface area contributed by atoms with Crippen LogP contribution >= 0.6 is 0 Å². The highest BCUT2D eigenvalue weighted by atomic mass is 16.6. The van der Waals surface area contributed by atoms with Crippen LogP contribution in [0, 0.1) is 10.1 Å². The zero-order valence-corrected chi connectivity index (χ0v) is 10.3. The molecular weight excluding hydrogens is 254 g/mol. The number of benzene rings is 1. The van der Waals surface area contributed by atoms with Crippen LogP contribution in [0.3, 0.4) is 0 Å². The van der Waals surface area contributed by atoms with Gasteiger partial charge in [0.25, 0.3) is 5.69 Å². The third-order valence-corrected chi connectivity index (χ3v) is 2.47. The second kappa shape index (κ2) is 4.92. The van der Waals surface area contributed by atoms with Crippen LogP contribution in [-0.2, 0) is 4.74 Å². The van der Waals surface area contributed by atoms with Crippen molar-refractivity contribution in [3.05, 3.63) is 28.3 Å². The molecule has 0 fully saturated rings. The lowest BCUT2D eigenvalue weighted by Gasteiger charge is -2.01. The molecule has 0 aliphatic rings. The van der Waals surface area contributed by atoms with E-state index in [0.29, 0.717) is 10.9 Å². The zero-order chi connectivity index (χ0) is 14.0. The molecule has 0 saturated carbocycles. The van der Waals surface area contributed by atoms with Crippen LogP contribution in [0.4, 0.5) is 10.5 Å². The van der Waals surface area contributed by atoms with Crippen molar-refractivity contribution in [2.45, 2.75) is 6.92 Å². The second-order valence-electron chi connectivity index (χ2n) is 3.58. The number of ether oxygens (including phenoxy) is 2. The van der Waals surface area contributed by atoms with E-state index in [1.165, 1.54) is 25.3 Å². The molecule has 0 aliphatic carbocycles. The molecular formula is C11H11N3O5. The Morgan fingerprint density at radius 2 is 2.26 bits per heavy atom. The van der Waals surface area contributed by atoms with Gasteiger partial charge in [0.05, 0.1) is 29.5 Å². The van der Waals surface area contributed by atoms with Gasteiger partial charge >= 0.3 is 6.09 Å². The first kappa shape index (κ1) is 12.8. The van der Waals surface area contributed by atoms with Gasteiger partial charge in [-0.25, -0.2) is 4.79 Å². The SMILES string of the molecule is CCOC(=O)n1nc(OC)c2cc([N+](=O)[O-])ccc21. The van der Waals surface area contributed by atoms with Gasteiger partial charge in [0, 0.05) is 12.1 Å². The van der Waals surface area contributed by atoms with Gasteiger partial charge in [-0.05, 0) is 13.0 Å². The molecule has 19 heavy (non-hydrogen) atoms. The Labute approximate surface area is 107 Å². The van der Waals surface area contributed by atoms with Gasteiger partial charge in [0.2, 0.25) is 5.88 Å². The standard InChI is InChI=1S/C11H11N3O5/c1-3-19-11(15)13-9-5-4-7(14(16)17)6-8(9)10(12-13)18-2/h4-6H,3H2,1-2H3. The maximum Gasteiger partial charge on any atom is 0.435 e. The number of methoxy groups -OCH3 is 1. The fraction of sp³-hybridized carbons (Fsp3) is 0.273. The Balaban J connectivity index is 2.62. The average molecular weight is 265 g/mol. The lowest BCUT2D eigenvalue weighted by molar-refractivity contribution is -0.384. The second-order valence-corrected chi connectivity index (χ2v) is 3.58. The Kier molecular flexibility index (Phi) is 3.32. The minimum atomic E-state index is -0.662. The van der Waals surface area contributed by atoms with E-state index in [0.717, 1.165) is 4.68 Å². The van der Waals surface area contributed by atoms with Crippen LogP contribution in [0.15, 0.2) is 18.2 Å². The highest BCUT2D eigenvalue weighted by Crippen LogP contribution is 2.28. The molecule has 100 valence electrons. The molecule has 0 N–H and O–H groups in total. The molecule has 2 rings (SSSR count). The molecule has 0 amide bonds. The third kappa shape index (κ3) is 2.19. The molecule has 0 unspecified atom stereocenters. The number of fused-ring (bicyclic) bond motifs is 1. The van der Waals surface area contributed by atoms with Crippen molar-refractivity contribution >= 4 is 22.7 Å². The highest BCUT2D eigenvalue weighted by molar-refractivity contribution is 5.92. The first-order valence-electron chi connectivity index (χ1n) is 5.46. The molecule has 0 aliphatic heterocycles. The molecule has 0 bridgehead atoms. The van der Waals surface area contributed by atoms with E-state index < -0.39 is 11.0 Å². The Morgan fingerprint density at radius 1 is 1.53 bits per heavy atom. The molecule has 2 aromatic rings. The highest BCUT2D eigenvalue weighted by Gasteiger charge is 2.19. The summed E-state index contributed by atoms with van der Waals surface area (Å²) >= 11 is 0. The number of aromatic nitrogens is 2. The lowest BCUT2D eigenvalue weighted by Crippen LogP contribution is -2.14. The molecule has 8 nitrogen and oxygen atoms in total. The molecule has 1 aromatic carbocycles. The van der Waals surface area contributed by atoms with Crippen LogP contribution in [-0.4, -0.2) is 34.5 Å². The summed E-state index contributed by atoms with van der Waals surface area (Å²) in [4.78, 5) is 21.9. The van der Waals surface area contributed by atoms with Crippen molar-refractivity contribution in [3.8, 4) is 5.88 Å². The molecule has 0 saturated heterocycles. The summed E-state index contributed by atoms with van der Waals surface area (Å²) in [6.45, 7) is 1.88. The summed E-state index contributed by atoms with van der Waals surface area (Å²) in [6.07, 6.45) is -0.662. The number of non-ortho nitro benzene ring substituents is 1. The van der Waals surface area contributed by atoms with Gasteiger partial charge in [0.15, 0.2) is 0 Å². The van der Waals surface area contributed by atoms with Crippen LogP contribution in [0.5, 0.6) is 5.88 Å². The maximum absolute atomic E-state index is 11.7. The fourth-order valence-electron chi connectivity index (χ4n) is 1.67. The minimum Gasteiger partial charge on any atom is -0.479 e. The normalized spacial score (nSPS) is 10.4. The quantitative estimate of drug-likeness (QED) is 0.621. The first-order chi connectivity index (χ1) is 9.08. The number of nitrogens with zero attached hydrogens (tertiary/aromatic N) is 3. The van der Waals surface area contributed by atoms with Gasteiger partial charge in [0.1, 0.15) is 0 Å². The predicted molar refractivity (Wildman–Crippen MR) is 65.4 cm³/mol. The van der Waals surface area contributed by atoms with Gasteiger partial charge in [-0.2, -0.15) is 4.68 Å². The summed E-state index contributed by atoms with van der Waals surface area (Å²) in [5.74, 6) is 0.131. The molecule has 8 heteroatoms. The largest absolute Gasteiger partial charge is 0.479 e. The first-order valence-corrected chi connectivity index (χ1v) is 5.46. The van der Waals surface area contributed by atoms with Crippen molar-refractivity contribution < 1.29 is 19.2 Å². The van der Waals surface area contributed by atoms with E-state index in [1.807, 2.05) is 0 Å². The fourth-order valence-corrected chi connectivity index (χ4v) is 1.67. The van der Waals surface area contributed by atoms with Gasteiger partial charge in [-0.15, -0.1) is 5.10 Å². The van der Waals surface area contributed by atoms with Gasteiger partial charge < -0.3 is 9.47 Å². The van der Waals surface area contributed by atoms with Crippen LogP contribution in [0.1, 0.15) is 6.92 Å². The average Bonchev–Trinajstić information content (AvgIpc) is 2.76. The Bertz CT molecular complexity index is 649. The van der Waals surface area contributed by atoms with Crippen LogP contribution in [0.2, 0.25) is 0 Å². The number of carbonyl (C=O) groups excluding carboxylic acids is 1. The lowest BCUT2D eigenvalue weighted by atomic mass is 10.2. The summed E-state index contributed by atoms with van der Waals surface area (Å²) in [7, 11) is 1.37. The molecule has 0 atom stereocenters. The summed E-state index contributed by atoms with van der Waals surface area (Å²) in [5, 5.41) is 15.0. The number of hydrogen-bond donors (Lipinski definition) is 0. The number of hydrogen-bond acceptors (Lipinski definition) is 6. The summed E-state index contributed by atoms with van der Waals surface area (Å²) in [5.41, 5.74) is 0.287. The van der Waals surface area contributed by atoms with E-state index in [2.05, 4.69) is 5.10 Å². The maximum atomic E-state index is 11.7. The number of carbonyl (C=O) groups is 1. The number of rotatable bonds is 3. The Morgan fingerprint density at radius 3 is 2.84 bits per heavy atom. The molecule has 0 spiro atoms. The zero-order valence-electron chi connectivity index (χ0n) is 10.3. The van der Waals surface area contributed by atoms with Crippen LogP contribution in [0.25, 0.3) is 10.9 Å². The predicted octanol–water partition coefficient (Wildman–Crippen LogP) is 1.96. The van der Waals surface area contributed by atoms with Crippen molar-refractivity contribution in [2.75, 3.05) is 13.7 Å². The van der Waals surface area contributed by atoms with Gasteiger partial charge in [-0.1, -0.05) is 0 Å². The minimum absolute atomic E-state index is 0.103. The summed E-state index contributed by atoms with van der Waals surface area (Å²) in [6, 6.07) is 4.02. The van der Waals surface area contributed by atoms with Crippen LogP contribution < -0.4 is 4.74 Å². The van der Waals surface area contributed by atoms with Crippen molar-refractivity contribution in [1.29, 1.82) is 0 Å².